The predicted octanol–water partition coefficient (Wildman–Crippen LogP) is 2.96. The van der Waals surface area contributed by atoms with Crippen LogP contribution < -0.4 is 4.90 Å². The summed E-state index contributed by atoms with van der Waals surface area (Å²) in [6, 6.07) is 19.2. The second-order valence-corrected chi connectivity index (χ2v) is 6.83. The first-order valence-corrected chi connectivity index (χ1v) is 8.37. The molecule has 0 unspecified atom stereocenters. The van der Waals surface area contributed by atoms with Crippen LogP contribution in [0.2, 0.25) is 0 Å². The number of nitrogens with zero attached hydrogens (tertiary/aromatic N) is 2. The Hall–Kier alpha value is -2.62. The van der Waals surface area contributed by atoms with E-state index in [0.717, 1.165) is 24.2 Å². The zero-order valence-corrected chi connectivity index (χ0v) is 13.5. The Labute approximate surface area is 141 Å². The molecular weight excluding hydrogens is 300 g/mol. The van der Waals surface area contributed by atoms with E-state index in [9.17, 15) is 9.59 Å². The zero-order chi connectivity index (χ0) is 16.6. The van der Waals surface area contributed by atoms with Crippen molar-refractivity contribution in [2.24, 2.45) is 5.41 Å². The number of likely N-dealkylation sites (tertiary alicyclic amines) is 1. The van der Waals surface area contributed by atoms with E-state index in [2.05, 4.69) is 0 Å². The molecule has 4 heteroatoms. The Morgan fingerprint density at radius 1 is 0.917 bits per heavy atom. The van der Waals surface area contributed by atoms with Gasteiger partial charge in [0.25, 0.3) is 5.91 Å². The topological polar surface area (TPSA) is 40.6 Å². The van der Waals surface area contributed by atoms with E-state index in [1.54, 1.807) is 0 Å². The molecule has 2 aromatic rings. The van der Waals surface area contributed by atoms with Crippen molar-refractivity contribution < 1.29 is 9.59 Å². The lowest BCUT2D eigenvalue weighted by Crippen LogP contribution is -2.34. The number of rotatable bonds is 2. The van der Waals surface area contributed by atoms with Crippen molar-refractivity contribution in [1.82, 2.24) is 4.90 Å². The van der Waals surface area contributed by atoms with Gasteiger partial charge >= 0.3 is 0 Å². The third-order valence-corrected chi connectivity index (χ3v) is 5.13. The Bertz CT molecular complexity index is 760. The van der Waals surface area contributed by atoms with Gasteiger partial charge in [-0.25, -0.2) is 0 Å². The van der Waals surface area contributed by atoms with Gasteiger partial charge in [0.05, 0.1) is 0 Å². The maximum atomic E-state index is 12.6. The van der Waals surface area contributed by atoms with Gasteiger partial charge in [0, 0.05) is 42.7 Å². The number of carbonyl (C=O) groups excluding carboxylic acids is 2. The molecule has 2 fully saturated rings. The smallest absolute Gasteiger partial charge is 0.253 e. The Morgan fingerprint density at radius 2 is 1.58 bits per heavy atom. The summed E-state index contributed by atoms with van der Waals surface area (Å²) in [7, 11) is 0. The normalized spacial score (nSPS) is 23.2. The predicted molar refractivity (Wildman–Crippen MR) is 92.8 cm³/mol. The molecule has 0 radical (unpaired) electrons. The largest absolute Gasteiger partial charge is 0.338 e. The van der Waals surface area contributed by atoms with Gasteiger partial charge in [-0.2, -0.15) is 0 Å². The zero-order valence-electron chi connectivity index (χ0n) is 13.5. The van der Waals surface area contributed by atoms with E-state index in [-0.39, 0.29) is 17.2 Å². The van der Waals surface area contributed by atoms with E-state index in [1.165, 1.54) is 0 Å². The summed E-state index contributed by atoms with van der Waals surface area (Å²) in [4.78, 5) is 28.9. The summed E-state index contributed by atoms with van der Waals surface area (Å²) in [6.07, 6.45) is 1.42. The molecule has 1 atom stereocenters. The molecule has 24 heavy (non-hydrogen) atoms. The van der Waals surface area contributed by atoms with E-state index < -0.39 is 0 Å². The molecule has 0 aromatic heterocycles. The average molecular weight is 320 g/mol. The van der Waals surface area contributed by atoms with Crippen molar-refractivity contribution in [1.29, 1.82) is 0 Å². The van der Waals surface area contributed by atoms with Crippen LogP contribution in [0.15, 0.2) is 60.7 Å². The Kier molecular flexibility index (Phi) is 3.60. The molecule has 2 aromatic carbocycles. The molecule has 4 rings (SSSR count). The molecule has 1 spiro atoms. The second kappa shape index (κ2) is 5.78. The van der Waals surface area contributed by atoms with Gasteiger partial charge in [-0.05, 0) is 30.7 Å². The minimum absolute atomic E-state index is 0.0677. The number of hydrogen-bond acceptors (Lipinski definition) is 2. The maximum Gasteiger partial charge on any atom is 0.253 e. The lowest BCUT2D eigenvalue weighted by atomic mass is 9.86. The lowest BCUT2D eigenvalue weighted by molar-refractivity contribution is -0.117. The highest BCUT2D eigenvalue weighted by Crippen LogP contribution is 2.42. The number of benzene rings is 2. The highest BCUT2D eigenvalue weighted by atomic mass is 16.2. The van der Waals surface area contributed by atoms with E-state index in [1.807, 2.05) is 70.5 Å². The van der Waals surface area contributed by atoms with Crippen molar-refractivity contribution in [3.05, 3.63) is 66.2 Å². The molecule has 0 saturated carbocycles. The van der Waals surface area contributed by atoms with Crippen LogP contribution >= 0.6 is 0 Å². The molecule has 2 heterocycles. The number of anilines is 1. The molecule has 2 saturated heterocycles. The lowest BCUT2D eigenvalue weighted by Gasteiger charge is -2.24. The molecule has 122 valence electrons. The van der Waals surface area contributed by atoms with Crippen molar-refractivity contribution >= 4 is 17.5 Å². The third kappa shape index (κ3) is 2.58. The van der Waals surface area contributed by atoms with Gasteiger partial charge in [0.2, 0.25) is 5.91 Å². The fourth-order valence-corrected chi connectivity index (χ4v) is 3.88. The quantitative estimate of drug-likeness (QED) is 0.853. The number of carbonyl (C=O) groups is 2. The molecule has 0 aliphatic carbocycles. The first-order chi connectivity index (χ1) is 11.7. The minimum Gasteiger partial charge on any atom is -0.338 e. The van der Waals surface area contributed by atoms with Gasteiger partial charge in [-0.1, -0.05) is 36.4 Å². The first kappa shape index (κ1) is 14.9. The fraction of sp³-hybridized carbons (Fsp3) is 0.300. The van der Waals surface area contributed by atoms with Crippen LogP contribution in [-0.4, -0.2) is 36.3 Å². The molecule has 2 aliphatic rings. The van der Waals surface area contributed by atoms with Crippen molar-refractivity contribution in [3.63, 3.8) is 0 Å². The summed E-state index contributed by atoms with van der Waals surface area (Å²) in [5.41, 5.74) is 1.57. The summed E-state index contributed by atoms with van der Waals surface area (Å²) in [6.45, 7) is 2.09. The van der Waals surface area contributed by atoms with E-state index in [0.29, 0.717) is 19.5 Å². The van der Waals surface area contributed by atoms with Crippen LogP contribution in [-0.2, 0) is 4.79 Å². The standard InChI is InChI=1S/C20H20N2O2/c23-18-13-20(15-22(18)17-9-5-2-6-10-17)11-12-21(14-20)19(24)16-7-3-1-4-8-16/h1-10H,11-15H2/t20-/m0/s1. The van der Waals surface area contributed by atoms with Crippen LogP contribution in [0.3, 0.4) is 0 Å². The third-order valence-electron chi connectivity index (χ3n) is 5.13. The SMILES string of the molecule is O=C(c1ccccc1)N1CC[C@]2(CC(=O)N(c3ccccc3)C2)C1. The van der Waals surface area contributed by atoms with Crippen molar-refractivity contribution in [2.45, 2.75) is 12.8 Å². The summed E-state index contributed by atoms with van der Waals surface area (Å²) < 4.78 is 0. The second-order valence-electron chi connectivity index (χ2n) is 6.83. The molecule has 0 N–H and O–H groups in total. The van der Waals surface area contributed by atoms with Crippen molar-refractivity contribution in [3.8, 4) is 0 Å². The van der Waals surface area contributed by atoms with Gasteiger partial charge in [0.15, 0.2) is 0 Å². The Morgan fingerprint density at radius 3 is 2.29 bits per heavy atom. The van der Waals surface area contributed by atoms with E-state index in [4.69, 9.17) is 0 Å². The van der Waals surface area contributed by atoms with Crippen LogP contribution in [0.25, 0.3) is 0 Å². The minimum atomic E-state index is -0.0998. The summed E-state index contributed by atoms with van der Waals surface area (Å²) >= 11 is 0. The molecule has 2 amide bonds. The average Bonchev–Trinajstić information content (AvgIpc) is 3.19. The van der Waals surface area contributed by atoms with Crippen LogP contribution in [0, 0.1) is 5.41 Å². The number of hydrogen-bond donors (Lipinski definition) is 0. The number of amides is 2. The molecule has 4 nitrogen and oxygen atoms in total. The highest BCUT2D eigenvalue weighted by Gasteiger charge is 2.48. The van der Waals surface area contributed by atoms with E-state index >= 15 is 0 Å². The van der Waals surface area contributed by atoms with Gasteiger partial charge < -0.3 is 9.80 Å². The van der Waals surface area contributed by atoms with Gasteiger partial charge in [-0.15, -0.1) is 0 Å². The van der Waals surface area contributed by atoms with Gasteiger partial charge in [-0.3, -0.25) is 9.59 Å². The van der Waals surface area contributed by atoms with Crippen molar-refractivity contribution in [2.75, 3.05) is 24.5 Å². The molecule has 0 bridgehead atoms. The van der Waals surface area contributed by atoms with Crippen LogP contribution in [0.5, 0.6) is 0 Å². The fourth-order valence-electron chi connectivity index (χ4n) is 3.88. The van der Waals surface area contributed by atoms with Crippen LogP contribution in [0.1, 0.15) is 23.2 Å². The molecule has 2 aliphatic heterocycles. The number of para-hydroxylation sites is 1. The molecular formula is C20H20N2O2. The summed E-state index contributed by atoms with van der Waals surface area (Å²) in [5.74, 6) is 0.230. The first-order valence-electron chi connectivity index (χ1n) is 8.37. The monoisotopic (exact) mass is 320 g/mol. The summed E-state index contributed by atoms with van der Waals surface area (Å²) in [5, 5.41) is 0. The van der Waals surface area contributed by atoms with Gasteiger partial charge in [0.1, 0.15) is 0 Å². The Balaban J connectivity index is 1.50. The van der Waals surface area contributed by atoms with Crippen LogP contribution in [0.4, 0.5) is 5.69 Å². The maximum absolute atomic E-state index is 12.6. The highest BCUT2D eigenvalue weighted by molar-refractivity contribution is 5.97.